The van der Waals surface area contributed by atoms with Gasteiger partial charge in [-0.15, -0.1) is 0 Å². The van der Waals surface area contributed by atoms with Crippen molar-refractivity contribution in [2.75, 3.05) is 11.9 Å². The summed E-state index contributed by atoms with van der Waals surface area (Å²) in [5.41, 5.74) is 3.96. The second kappa shape index (κ2) is 5.33. The average molecular weight is 237 g/mol. The molecule has 1 heterocycles. The molecule has 0 unspecified atom stereocenters. The lowest BCUT2D eigenvalue weighted by Crippen LogP contribution is -2.16. The van der Waals surface area contributed by atoms with Crippen LogP contribution >= 0.6 is 0 Å². The maximum atomic E-state index is 8.83. The van der Waals surface area contributed by atoms with Crippen LogP contribution in [0.5, 0.6) is 0 Å². The molecule has 0 bridgehead atoms. The zero-order chi connectivity index (χ0) is 13.0. The standard InChI is InChI=1S/C15H15N3/c1-12-3-5-13(6-4-12)11-18(2)15-7-8-17-14(9-15)10-16/h3-9H,11H2,1-2H3. The van der Waals surface area contributed by atoms with Crippen molar-refractivity contribution in [3.05, 3.63) is 59.4 Å². The molecular weight excluding hydrogens is 222 g/mol. The molecule has 0 aliphatic carbocycles. The Labute approximate surface area is 107 Å². The van der Waals surface area contributed by atoms with Crippen LogP contribution in [0.3, 0.4) is 0 Å². The van der Waals surface area contributed by atoms with Crippen molar-refractivity contribution in [2.45, 2.75) is 13.5 Å². The lowest BCUT2D eigenvalue weighted by atomic mass is 10.1. The van der Waals surface area contributed by atoms with Crippen molar-refractivity contribution in [3.63, 3.8) is 0 Å². The van der Waals surface area contributed by atoms with Crippen molar-refractivity contribution in [1.29, 1.82) is 5.26 Å². The predicted molar refractivity (Wildman–Crippen MR) is 72.2 cm³/mol. The zero-order valence-electron chi connectivity index (χ0n) is 10.6. The van der Waals surface area contributed by atoms with E-state index in [0.29, 0.717) is 5.69 Å². The molecule has 0 atom stereocenters. The van der Waals surface area contributed by atoms with E-state index in [9.17, 15) is 0 Å². The largest absolute Gasteiger partial charge is 0.370 e. The maximum Gasteiger partial charge on any atom is 0.142 e. The summed E-state index contributed by atoms with van der Waals surface area (Å²) in [5.74, 6) is 0. The second-order valence-corrected chi connectivity index (χ2v) is 4.35. The van der Waals surface area contributed by atoms with Gasteiger partial charge in [0, 0.05) is 25.5 Å². The minimum atomic E-state index is 0.447. The first-order chi connectivity index (χ1) is 8.69. The average Bonchev–Trinajstić information content (AvgIpc) is 2.41. The topological polar surface area (TPSA) is 39.9 Å². The lowest BCUT2D eigenvalue weighted by Gasteiger charge is -2.19. The molecular formula is C15H15N3. The minimum absolute atomic E-state index is 0.447. The van der Waals surface area contributed by atoms with E-state index in [-0.39, 0.29) is 0 Å². The molecule has 3 nitrogen and oxygen atoms in total. The molecule has 1 aromatic heterocycles. The van der Waals surface area contributed by atoms with E-state index in [4.69, 9.17) is 5.26 Å². The second-order valence-electron chi connectivity index (χ2n) is 4.35. The maximum absolute atomic E-state index is 8.83. The van der Waals surface area contributed by atoms with Crippen molar-refractivity contribution in [2.24, 2.45) is 0 Å². The van der Waals surface area contributed by atoms with Crippen molar-refractivity contribution >= 4 is 5.69 Å². The van der Waals surface area contributed by atoms with Gasteiger partial charge in [0.1, 0.15) is 11.8 Å². The third-order valence-electron chi connectivity index (χ3n) is 2.84. The molecule has 3 heteroatoms. The molecule has 1 aromatic carbocycles. The van der Waals surface area contributed by atoms with Crippen molar-refractivity contribution < 1.29 is 0 Å². The molecule has 0 fully saturated rings. The van der Waals surface area contributed by atoms with Gasteiger partial charge in [-0.05, 0) is 24.6 Å². The fraction of sp³-hybridized carbons (Fsp3) is 0.200. The van der Waals surface area contributed by atoms with Gasteiger partial charge in [0.25, 0.3) is 0 Å². The quantitative estimate of drug-likeness (QED) is 0.824. The van der Waals surface area contributed by atoms with Crippen LogP contribution in [0.1, 0.15) is 16.8 Å². The molecule has 0 aliphatic rings. The van der Waals surface area contributed by atoms with Gasteiger partial charge in [-0.25, -0.2) is 4.98 Å². The van der Waals surface area contributed by atoms with E-state index in [1.54, 1.807) is 12.3 Å². The Hall–Kier alpha value is -2.34. The van der Waals surface area contributed by atoms with Gasteiger partial charge in [-0.2, -0.15) is 5.26 Å². The number of pyridine rings is 1. The summed E-state index contributed by atoms with van der Waals surface area (Å²) < 4.78 is 0. The van der Waals surface area contributed by atoms with Gasteiger partial charge < -0.3 is 4.90 Å². The fourth-order valence-corrected chi connectivity index (χ4v) is 1.78. The zero-order valence-corrected chi connectivity index (χ0v) is 10.6. The summed E-state index contributed by atoms with van der Waals surface area (Å²) in [5, 5.41) is 8.83. The first-order valence-corrected chi connectivity index (χ1v) is 5.82. The van der Waals surface area contributed by atoms with Crippen LogP contribution in [-0.2, 0) is 6.54 Å². The van der Waals surface area contributed by atoms with E-state index >= 15 is 0 Å². The molecule has 90 valence electrons. The van der Waals surface area contributed by atoms with E-state index in [0.717, 1.165) is 12.2 Å². The van der Waals surface area contributed by atoms with Gasteiger partial charge in [-0.3, -0.25) is 0 Å². The minimum Gasteiger partial charge on any atom is -0.370 e. The van der Waals surface area contributed by atoms with Crippen LogP contribution in [0.4, 0.5) is 5.69 Å². The third kappa shape index (κ3) is 2.86. The molecule has 2 aromatic rings. The van der Waals surface area contributed by atoms with Gasteiger partial charge in [0.2, 0.25) is 0 Å². The summed E-state index contributed by atoms with van der Waals surface area (Å²) >= 11 is 0. The number of anilines is 1. The van der Waals surface area contributed by atoms with Crippen LogP contribution in [0, 0.1) is 18.3 Å². The summed E-state index contributed by atoms with van der Waals surface area (Å²) in [4.78, 5) is 6.08. The van der Waals surface area contributed by atoms with Crippen LogP contribution in [0.2, 0.25) is 0 Å². The smallest absolute Gasteiger partial charge is 0.142 e. The lowest BCUT2D eigenvalue weighted by molar-refractivity contribution is 0.919. The van der Waals surface area contributed by atoms with Gasteiger partial charge in [0.05, 0.1) is 0 Å². The normalized spacial score (nSPS) is 9.83. The van der Waals surface area contributed by atoms with Gasteiger partial charge >= 0.3 is 0 Å². The first-order valence-electron chi connectivity index (χ1n) is 5.82. The molecule has 0 saturated heterocycles. The molecule has 0 amide bonds. The van der Waals surface area contributed by atoms with Crippen LogP contribution in [0.25, 0.3) is 0 Å². The number of aryl methyl sites for hydroxylation is 1. The van der Waals surface area contributed by atoms with Crippen LogP contribution in [0.15, 0.2) is 42.6 Å². The highest BCUT2D eigenvalue weighted by molar-refractivity contribution is 5.48. The van der Waals surface area contributed by atoms with Crippen LogP contribution < -0.4 is 4.90 Å². The highest BCUT2D eigenvalue weighted by Gasteiger charge is 2.03. The Morgan fingerprint density at radius 1 is 1.22 bits per heavy atom. The Kier molecular flexibility index (Phi) is 3.59. The summed E-state index contributed by atoms with van der Waals surface area (Å²) in [6.07, 6.45) is 1.67. The fourth-order valence-electron chi connectivity index (χ4n) is 1.78. The molecule has 0 radical (unpaired) electrons. The molecule has 0 spiro atoms. The highest BCUT2D eigenvalue weighted by atomic mass is 15.1. The number of nitriles is 1. The van der Waals surface area contributed by atoms with E-state index in [1.165, 1.54) is 11.1 Å². The Bertz CT molecular complexity index is 567. The Balaban J connectivity index is 2.14. The number of hydrogen-bond donors (Lipinski definition) is 0. The Morgan fingerprint density at radius 3 is 2.61 bits per heavy atom. The molecule has 0 saturated carbocycles. The highest BCUT2D eigenvalue weighted by Crippen LogP contribution is 2.15. The number of benzene rings is 1. The summed E-state index contributed by atoms with van der Waals surface area (Å²) in [6.45, 7) is 2.89. The van der Waals surface area contributed by atoms with E-state index in [1.807, 2.05) is 13.1 Å². The van der Waals surface area contributed by atoms with E-state index in [2.05, 4.69) is 47.1 Å². The van der Waals surface area contributed by atoms with Gasteiger partial charge in [-0.1, -0.05) is 29.8 Å². The number of rotatable bonds is 3. The van der Waals surface area contributed by atoms with Gasteiger partial charge in [0.15, 0.2) is 0 Å². The van der Waals surface area contributed by atoms with Crippen LogP contribution in [-0.4, -0.2) is 12.0 Å². The summed E-state index contributed by atoms with van der Waals surface area (Å²) in [6, 6.07) is 14.2. The summed E-state index contributed by atoms with van der Waals surface area (Å²) in [7, 11) is 2.01. The van der Waals surface area contributed by atoms with Crippen molar-refractivity contribution in [3.8, 4) is 6.07 Å². The number of nitrogens with zero attached hydrogens (tertiary/aromatic N) is 3. The van der Waals surface area contributed by atoms with E-state index < -0.39 is 0 Å². The predicted octanol–water partition coefficient (Wildman–Crippen LogP) is 2.90. The molecule has 0 aliphatic heterocycles. The SMILES string of the molecule is Cc1ccc(CN(C)c2ccnc(C#N)c2)cc1. The molecule has 18 heavy (non-hydrogen) atoms. The third-order valence-corrected chi connectivity index (χ3v) is 2.84. The Morgan fingerprint density at radius 2 is 1.94 bits per heavy atom. The molecule has 2 rings (SSSR count). The number of hydrogen-bond acceptors (Lipinski definition) is 3. The first kappa shape index (κ1) is 12.1. The number of aromatic nitrogens is 1. The monoisotopic (exact) mass is 237 g/mol. The molecule has 0 N–H and O–H groups in total. The van der Waals surface area contributed by atoms with Crippen molar-refractivity contribution in [1.82, 2.24) is 4.98 Å².